The van der Waals surface area contributed by atoms with Gasteiger partial charge in [-0.05, 0) is 0 Å². The topological polar surface area (TPSA) is 82.2 Å². The van der Waals surface area contributed by atoms with Crippen molar-refractivity contribution in [3.8, 4) is 5.75 Å². The number of nitro groups is 1. The zero-order valence-corrected chi connectivity index (χ0v) is 36.8. The van der Waals surface area contributed by atoms with Crippen molar-refractivity contribution in [3.63, 3.8) is 0 Å². The van der Waals surface area contributed by atoms with Gasteiger partial charge in [-0.3, -0.25) is 0 Å². The van der Waals surface area contributed by atoms with E-state index in [4.69, 9.17) is 4.99 Å². The first-order chi connectivity index (χ1) is 27.9. The van der Waals surface area contributed by atoms with Crippen LogP contribution in [0, 0.1) is 58.6 Å². The van der Waals surface area contributed by atoms with Gasteiger partial charge in [0.25, 0.3) is 0 Å². The normalized spacial score (nSPS) is 14.7. The minimum atomic E-state index is -2.85. The number of rotatable bonds is 7. The zero-order valence-electron chi connectivity index (χ0n) is 34.3. The predicted octanol–water partition coefficient (Wildman–Crippen LogP) is 7.24. The van der Waals surface area contributed by atoms with E-state index in [1.165, 1.54) is 54.9 Å². The van der Waals surface area contributed by atoms with Crippen LogP contribution in [0.15, 0.2) is 126 Å². The molecule has 0 saturated carbocycles. The number of benzene rings is 6. The summed E-state index contributed by atoms with van der Waals surface area (Å²) in [6.45, 7) is 16.6. The van der Waals surface area contributed by atoms with E-state index >= 15 is 0 Å². The Kier molecular flexibility index (Phi) is 11.8. The molecule has 0 aromatic heterocycles. The number of nitro benzene ring substituents is 1. The van der Waals surface area contributed by atoms with Gasteiger partial charge in [-0.15, -0.1) is 0 Å². The Balaban J connectivity index is 0.00000528. The zero-order chi connectivity index (χ0) is 40.8. The molecular formula is C50H47ClN4O3Ru-. The van der Waals surface area contributed by atoms with Crippen molar-refractivity contribution in [2.75, 3.05) is 22.9 Å². The van der Waals surface area contributed by atoms with Gasteiger partial charge in [0.15, 0.2) is 0 Å². The Morgan fingerprint density at radius 3 is 1.75 bits per heavy atom. The van der Waals surface area contributed by atoms with Crippen molar-refractivity contribution in [3.05, 3.63) is 193 Å². The van der Waals surface area contributed by atoms with Crippen LogP contribution in [0.4, 0.5) is 22.7 Å². The first-order valence-corrected chi connectivity index (χ1v) is 22.1. The van der Waals surface area contributed by atoms with E-state index in [1.807, 2.05) is 43.3 Å². The van der Waals surface area contributed by atoms with Crippen molar-refractivity contribution in [1.29, 1.82) is 0 Å². The van der Waals surface area contributed by atoms with E-state index in [-0.39, 0.29) is 23.8 Å². The fourth-order valence-corrected chi connectivity index (χ4v) is 14.2. The summed E-state index contributed by atoms with van der Waals surface area (Å²) in [6.07, 6.45) is 3.99. The van der Waals surface area contributed by atoms with E-state index in [9.17, 15) is 15.2 Å². The second-order valence-corrected chi connectivity index (χ2v) is 19.2. The molecule has 0 bridgehead atoms. The van der Waals surface area contributed by atoms with Gasteiger partial charge in [-0.1, -0.05) is 0 Å². The van der Waals surface area contributed by atoms with Crippen molar-refractivity contribution < 1.29 is 37.5 Å². The SMILES string of the molecule is Cc1ccc(N=Cc2[c]([Ru](=[C]3C=C(c4ccccc4)c4ccccc43)=[C]3N(c4c(C)cc(C)cc4C)CCN3c3c(C)cc(C)cc3C)ccc([N+](=O)[O-])c2O)cc1.[Cl-]. The number of hydrogen-bond donors (Lipinski definition) is 1. The van der Waals surface area contributed by atoms with E-state index in [0.29, 0.717) is 11.3 Å². The third kappa shape index (κ3) is 7.75. The number of nitrogens with zero attached hydrogens (tertiary/aromatic N) is 4. The van der Waals surface area contributed by atoms with Gasteiger partial charge in [0, 0.05) is 0 Å². The summed E-state index contributed by atoms with van der Waals surface area (Å²) in [5, 5.41) is 24.6. The average Bonchev–Trinajstić information content (AvgIpc) is 3.77. The van der Waals surface area contributed by atoms with E-state index < -0.39 is 20.0 Å². The minimum absolute atomic E-state index is 0. The second-order valence-electron chi connectivity index (χ2n) is 15.3. The van der Waals surface area contributed by atoms with Gasteiger partial charge in [-0.25, -0.2) is 0 Å². The van der Waals surface area contributed by atoms with Gasteiger partial charge < -0.3 is 12.4 Å². The molecule has 6 aromatic rings. The van der Waals surface area contributed by atoms with Crippen LogP contribution >= 0.6 is 0 Å². The summed E-state index contributed by atoms with van der Waals surface area (Å²) in [5.41, 5.74) is 15.9. The molecule has 1 aliphatic heterocycles. The molecule has 0 atom stereocenters. The Morgan fingerprint density at radius 2 is 1.20 bits per heavy atom. The van der Waals surface area contributed by atoms with Crippen LogP contribution in [-0.4, -0.2) is 37.8 Å². The van der Waals surface area contributed by atoms with Crippen LogP contribution in [0.3, 0.4) is 0 Å². The molecule has 7 nitrogen and oxygen atoms in total. The average molecular weight is 888 g/mol. The number of fused-ring (bicyclic) bond motifs is 1. The number of aryl methyl sites for hydroxylation is 7. The number of allylic oxidation sites excluding steroid dienone is 1. The maximum absolute atomic E-state index is 12.5. The summed E-state index contributed by atoms with van der Waals surface area (Å²) in [5.74, 6) is -0.377. The summed E-state index contributed by atoms with van der Waals surface area (Å²) in [4.78, 5) is 21.9. The molecule has 6 aromatic carbocycles. The molecule has 1 N–H and O–H groups in total. The molecule has 1 aliphatic carbocycles. The summed E-state index contributed by atoms with van der Waals surface area (Å²) >= 11 is -2.85. The maximum atomic E-state index is 12.5. The molecule has 0 radical (unpaired) electrons. The van der Waals surface area contributed by atoms with Crippen molar-refractivity contribution in [2.45, 2.75) is 48.5 Å². The molecule has 8 rings (SSSR count). The third-order valence-electron chi connectivity index (χ3n) is 10.9. The van der Waals surface area contributed by atoms with Crippen LogP contribution in [-0.2, 0) is 15.0 Å². The molecular weight excluding hydrogens is 841 g/mol. The number of halogens is 1. The van der Waals surface area contributed by atoms with Crippen LogP contribution in [0.1, 0.15) is 61.2 Å². The van der Waals surface area contributed by atoms with E-state index in [0.717, 1.165) is 49.4 Å². The molecule has 1 fully saturated rings. The minimum Gasteiger partial charge on any atom is -1.00 e. The van der Waals surface area contributed by atoms with Gasteiger partial charge in [0.05, 0.1) is 0 Å². The Labute approximate surface area is 357 Å². The van der Waals surface area contributed by atoms with Crippen molar-refractivity contribution in [2.24, 2.45) is 4.99 Å². The Bertz CT molecular complexity index is 2690. The molecule has 59 heavy (non-hydrogen) atoms. The largest absolute Gasteiger partial charge is 1.00 e. The second kappa shape index (κ2) is 16.8. The van der Waals surface area contributed by atoms with Crippen molar-refractivity contribution in [1.82, 2.24) is 0 Å². The monoisotopic (exact) mass is 888 g/mol. The smallest absolute Gasteiger partial charge is 1.00 e. The van der Waals surface area contributed by atoms with Crippen LogP contribution in [0.2, 0.25) is 0 Å². The van der Waals surface area contributed by atoms with Crippen molar-refractivity contribution >= 4 is 47.2 Å². The van der Waals surface area contributed by atoms with Gasteiger partial charge in [0.1, 0.15) is 0 Å². The van der Waals surface area contributed by atoms with E-state index in [1.54, 1.807) is 6.21 Å². The summed E-state index contributed by atoms with van der Waals surface area (Å²) in [7, 11) is 0. The molecule has 0 amide bonds. The fraction of sp³-hybridized carbons (Fsp3) is 0.180. The van der Waals surface area contributed by atoms with Gasteiger partial charge in [-0.2, -0.15) is 0 Å². The number of aliphatic imine (C=N–C) groups is 1. The number of hydrogen-bond acceptors (Lipinski definition) is 6. The van der Waals surface area contributed by atoms with E-state index in [2.05, 4.69) is 130 Å². The quantitative estimate of drug-likeness (QED) is 0.0793. The maximum Gasteiger partial charge on any atom is -1.00 e. The molecule has 0 spiro atoms. The van der Waals surface area contributed by atoms with Crippen LogP contribution in [0.25, 0.3) is 5.57 Å². The number of phenolic OH excluding ortho intramolecular Hbond substituents is 1. The third-order valence-corrected chi connectivity index (χ3v) is 15.9. The summed E-state index contributed by atoms with van der Waals surface area (Å²) in [6, 6.07) is 39.3. The first kappa shape index (κ1) is 41.3. The molecule has 2 aliphatic rings. The van der Waals surface area contributed by atoms with Gasteiger partial charge in [0.2, 0.25) is 0 Å². The molecule has 0 unspecified atom stereocenters. The summed E-state index contributed by atoms with van der Waals surface area (Å²) < 4.78 is 3.19. The molecule has 1 saturated heterocycles. The van der Waals surface area contributed by atoms with Crippen LogP contribution in [0.5, 0.6) is 5.75 Å². The molecule has 301 valence electrons. The first-order valence-electron chi connectivity index (χ1n) is 19.5. The number of phenols is 1. The van der Waals surface area contributed by atoms with Crippen LogP contribution < -0.4 is 26.4 Å². The molecule has 1 heterocycles. The molecule has 9 heteroatoms. The predicted molar refractivity (Wildman–Crippen MR) is 238 cm³/mol. The Morgan fingerprint density at radius 1 is 0.678 bits per heavy atom. The number of anilines is 2. The van der Waals surface area contributed by atoms with Gasteiger partial charge >= 0.3 is 347 Å². The fourth-order valence-electron chi connectivity index (χ4n) is 8.55. The standard InChI is InChI=1S/C21H26N2.C15H10.C14H11N2O3.ClH.Ru/c1-14-9-16(3)20(17(4)10-14)22-7-8-23(13-22)21-18(5)11-15(2)12-19(21)6;1-2-6-12(7-3-1)15-11-10-13-8-4-5-9-14(13)15;1-10-5-7-12(8-6-10)15-9-11-3-2-4-13(14(11)17)16(18)19;;/h9-12H,7-8H2,1-6H3;1-9,11H;2,4-9,17H,1H3;1H;/p-1. The number of aromatic hydroxyl groups is 1. The Hall–Kier alpha value is -5.82.